The molecule has 1 fully saturated rings. The second-order valence-corrected chi connectivity index (χ2v) is 4.86. The zero-order valence-corrected chi connectivity index (χ0v) is 10.2. The Labute approximate surface area is 99.3 Å². The first-order chi connectivity index (χ1) is 7.61. The summed E-state index contributed by atoms with van der Waals surface area (Å²) in [6.07, 6.45) is 5.68. The van der Waals surface area contributed by atoms with Crippen LogP contribution in [0.2, 0.25) is 0 Å². The predicted molar refractivity (Wildman–Crippen MR) is 62.3 cm³/mol. The van der Waals surface area contributed by atoms with Crippen molar-refractivity contribution in [2.75, 3.05) is 7.05 Å². The van der Waals surface area contributed by atoms with Crippen LogP contribution in [0.1, 0.15) is 19.8 Å². The molecule has 1 saturated heterocycles. The van der Waals surface area contributed by atoms with Gasteiger partial charge in [0.1, 0.15) is 5.44 Å². The molecular formula is C10H16N2O3S. The lowest BCUT2D eigenvalue weighted by molar-refractivity contribution is -0.121. The van der Waals surface area contributed by atoms with Gasteiger partial charge in [-0.05, 0) is 31.7 Å². The highest BCUT2D eigenvalue weighted by molar-refractivity contribution is 7.97. The summed E-state index contributed by atoms with van der Waals surface area (Å²) in [7, 11) is 1.84. The van der Waals surface area contributed by atoms with Crippen molar-refractivity contribution in [2.45, 2.75) is 31.3 Å². The lowest BCUT2D eigenvalue weighted by Crippen LogP contribution is -2.19. The second kappa shape index (κ2) is 6.55. The van der Waals surface area contributed by atoms with Crippen molar-refractivity contribution in [3.63, 3.8) is 0 Å². The van der Waals surface area contributed by atoms with Gasteiger partial charge in [0.2, 0.25) is 6.41 Å². The van der Waals surface area contributed by atoms with E-state index in [-0.39, 0.29) is 5.44 Å². The van der Waals surface area contributed by atoms with Gasteiger partial charge < -0.3 is 9.04 Å². The summed E-state index contributed by atoms with van der Waals surface area (Å²) in [5, 5.41) is 2.03. The average molecular weight is 244 g/mol. The maximum Gasteiger partial charge on any atom is 0.251 e. The smallest absolute Gasteiger partial charge is 0.251 e. The Morgan fingerprint density at radius 2 is 2.31 bits per heavy atom. The van der Waals surface area contributed by atoms with Crippen molar-refractivity contribution in [3.8, 4) is 0 Å². The molecule has 16 heavy (non-hydrogen) atoms. The summed E-state index contributed by atoms with van der Waals surface area (Å²) in [6.45, 7) is 2.05. The van der Waals surface area contributed by atoms with Crippen molar-refractivity contribution in [1.82, 2.24) is 9.62 Å². The van der Waals surface area contributed by atoms with E-state index in [9.17, 15) is 9.59 Å². The number of nitrogens with one attached hydrogen (secondary N) is 1. The van der Waals surface area contributed by atoms with Gasteiger partial charge in [0.25, 0.3) is 5.91 Å². The van der Waals surface area contributed by atoms with Gasteiger partial charge >= 0.3 is 0 Å². The third-order valence-electron chi connectivity index (χ3n) is 2.11. The van der Waals surface area contributed by atoms with Crippen LogP contribution in [0.25, 0.3) is 0 Å². The van der Waals surface area contributed by atoms with Crippen LogP contribution in [0.5, 0.6) is 0 Å². The molecular weight excluding hydrogens is 228 g/mol. The van der Waals surface area contributed by atoms with Crippen LogP contribution in [0.15, 0.2) is 12.3 Å². The molecule has 5 nitrogen and oxygen atoms in total. The van der Waals surface area contributed by atoms with Gasteiger partial charge in [-0.15, -0.1) is 0 Å². The third-order valence-corrected chi connectivity index (χ3v) is 3.15. The van der Waals surface area contributed by atoms with Gasteiger partial charge in [-0.3, -0.25) is 14.9 Å². The molecule has 0 aromatic carbocycles. The van der Waals surface area contributed by atoms with E-state index >= 15 is 0 Å². The Kier molecular flexibility index (Phi) is 5.34. The molecule has 1 aliphatic rings. The highest BCUT2D eigenvalue weighted by Crippen LogP contribution is 2.29. The maximum atomic E-state index is 10.9. The maximum absolute atomic E-state index is 10.9. The van der Waals surface area contributed by atoms with Gasteiger partial charge in [-0.2, -0.15) is 0 Å². The van der Waals surface area contributed by atoms with E-state index in [0.717, 1.165) is 12.8 Å². The topological polar surface area (TPSA) is 58.6 Å². The summed E-state index contributed by atoms with van der Waals surface area (Å²) in [5.74, 6) is -0.428. The number of nitrogens with zero attached hydrogens (tertiary/aromatic N) is 1. The SMILES string of the molecule is CC1CCC(SN(C)/C=C/C(=O)NC=O)O1. The Balaban J connectivity index is 2.27. The number of hydrogen-bond acceptors (Lipinski definition) is 5. The fraction of sp³-hybridized carbons (Fsp3) is 0.600. The van der Waals surface area contributed by atoms with E-state index in [4.69, 9.17) is 4.74 Å². The van der Waals surface area contributed by atoms with Crippen molar-refractivity contribution in [2.24, 2.45) is 0 Å². The molecule has 6 heteroatoms. The largest absolute Gasteiger partial charge is 0.363 e. The van der Waals surface area contributed by atoms with Gasteiger partial charge in [0.05, 0.1) is 6.10 Å². The quantitative estimate of drug-likeness (QED) is 0.442. The lowest BCUT2D eigenvalue weighted by Gasteiger charge is -2.17. The first kappa shape index (κ1) is 13.1. The highest BCUT2D eigenvalue weighted by atomic mass is 32.2. The molecule has 0 spiro atoms. The number of rotatable bonds is 5. The lowest BCUT2D eigenvalue weighted by atomic mass is 10.3. The number of ether oxygens (including phenoxy) is 1. The summed E-state index contributed by atoms with van der Waals surface area (Å²) >= 11 is 1.53. The second-order valence-electron chi connectivity index (χ2n) is 3.55. The van der Waals surface area contributed by atoms with E-state index in [1.807, 2.05) is 19.3 Å². The van der Waals surface area contributed by atoms with E-state index in [2.05, 4.69) is 0 Å². The zero-order valence-electron chi connectivity index (χ0n) is 9.38. The Hall–Kier alpha value is -1.01. The van der Waals surface area contributed by atoms with Crippen LogP contribution in [-0.2, 0) is 14.3 Å². The third kappa shape index (κ3) is 4.67. The predicted octanol–water partition coefficient (Wildman–Crippen LogP) is 0.878. The first-order valence-corrected chi connectivity index (χ1v) is 5.93. The molecule has 0 aromatic heterocycles. The van der Waals surface area contributed by atoms with E-state index in [0.29, 0.717) is 12.5 Å². The van der Waals surface area contributed by atoms with Crippen LogP contribution in [0.3, 0.4) is 0 Å². The monoisotopic (exact) mass is 244 g/mol. The Bertz CT molecular complexity index is 283. The summed E-state index contributed by atoms with van der Waals surface area (Å²) in [5.41, 5.74) is 0.152. The minimum atomic E-state index is -0.428. The van der Waals surface area contributed by atoms with E-state index in [1.165, 1.54) is 18.0 Å². The Morgan fingerprint density at radius 3 is 2.88 bits per heavy atom. The van der Waals surface area contributed by atoms with Crippen molar-refractivity contribution >= 4 is 24.3 Å². The molecule has 1 aliphatic heterocycles. The molecule has 90 valence electrons. The summed E-state index contributed by atoms with van der Waals surface area (Å²) in [4.78, 5) is 20.9. The van der Waals surface area contributed by atoms with Gasteiger partial charge in [-0.1, -0.05) is 0 Å². The minimum Gasteiger partial charge on any atom is -0.363 e. The molecule has 1 N–H and O–H groups in total. The van der Waals surface area contributed by atoms with E-state index < -0.39 is 5.91 Å². The van der Waals surface area contributed by atoms with Crippen molar-refractivity contribution in [1.29, 1.82) is 0 Å². The summed E-state index contributed by atoms with van der Waals surface area (Å²) in [6, 6.07) is 0. The van der Waals surface area contributed by atoms with Crippen molar-refractivity contribution in [3.05, 3.63) is 12.3 Å². The molecule has 2 unspecified atom stereocenters. The normalized spacial score (nSPS) is 24.6. The van der Waals surface area contributed by atoms with Gasteiger partial charge in [0, 0.05) is 19.3 Å². The Morgan fingerprint density at radius 1 is 1.56 bits per heavy atom. The molecule has 0 bridgehead atoms. The number of imide groups is 1. The molecule has 1 heterocycles. The zero-order chi connectivity index (χ0) is 12.0. The van der Waals surface area contributed by atoms with Gasteiger partial charge in [-0.25, -0.2) is 0 Å². The van der Waals surface area contributed by atoms with Crippen molar-refractivity contribution < 1.29 is 14.3 Å². The standard InChI is InChI=1S/C10H16N2O3S/c1-8-3-4-10(15-8)16-12(2)6-5-9(14)11-7-13/h5-8,10H,3-4H2,1-2H3,(H,11,13,14)/b6-5+. The van der Waals surface area contributed by atoms with Gasteiger partial charge in [0.15, 0.2) is 0 Å². The number of carbonyl (C=O) groups is 2. The fourth-order valence-corrected chi connectivity index (χ4v) is 2.33. The molecule has 0 aliphatic carbocycles. The minimum absolute atomic E-state index is 0.152. The molecule has 0 radical (unpaired) electrons. The average Bonchev–Trinajstić information content (AvgIpc) is 2.61. The number of amides is 2. The molecule has 1 rings (SSSR count). The highest BCUT2D eigenvalue weighted by Gasteiger charge is 2.23. The van der Waals surface area contributed by atoms with Crippen LogP contribution in [-0.4, -0.2) is 35.2 Å². The van der Waals surface area contributed by atoms with E-state index in [1.54, 1.807) is 10.5 Å². The fourth-order valence-electron chi connectivity index (χ4n) is 1.34. The van der Waals surface area contributed by atoms with Crippen LogP contribution >= 0.6 is 11.9 Å². The number of carbonyl (C=O) groups excluding carboxylic acids is 2. The summed E-state index contributed by atoms with van der Waals surface area (Å²) < 4.78 is 7.42. The van der Waals surface area contributed by atoms with Crippen LogP contribution < -0.4 is 5.32 Å². The number of hydrogen-bond donors (Lipinski definition) is 1. The molecule has 2 amide bonds. The first-order valence-electron chi connectivity index (χ1n) is 5.09. The molecule has 0 saturated carbocycles. The van der Waals surface area contributed by atoms with Crippen LogP contribution in [0.4, 0.5) is 0 Å². The molecule has 0 aromatic rings. The van der Waals surface area contributed by atoms with Crippen LogP contribution in [0, 0.1) is 0 Å². The molecule has 2 atom stereocenters.